The summed E-state index contributed by atoms with van der Waals surface area (Å²) in [4.78, 5) is 11.3. The Morgan fingerprint density at radius 3 is 1.64 bits per heavy atom. The molecule has 0 saturated carbocycles. The second-order valence-corrected chi connectivity index (χ2v) is 7.33. The van der Waals surface area contributed by atoms with Gasteiger partial charge in [-0.3, -0.25) is 4.79 Å². The van der Waals surface area contributed by atoms with Crippen molar-refractivity contribution < 1.29 is 41.0 Å². The van der Waals surface area contributed by atoms with Gasteiger partial charge in [0.2, 0.25) is 0 Å². The van der Waals surface area contributed by atoms with Gasteiger partial charge in [0.05, 0.1) is 7.14 Å². The molecule has 0 aliphatic heterocycles. The molecular weight excluding hydrogens is 663 g/mol. The van der Waals surface area contributed by atoms with E-state index in [1.165, 1.54) is 12.1 Å². The first-order valence-electron chi connectivity index (χ1n) is 4.92. The molecule has 0 aromatic heterocycles. The standard InChI is InChI=1S/C10H2F6I3O3/c11-9(12,13)8(21,10(14,15)16)7(20)22-6-4(18)1-3(17)2-5(6)19/h1-2H/q-1. The van der Waals surface area contributed by atoms with Gasteiger partial charge in [0.25, 0.3) is 0 Å². The predicted molar refractivity (Wildman–Crippen MR) is 85.1 cm³/mol. The Bertz CT molecular complexity index is 562. The number of hydrogen-bond acceptors (Lipinski definition) is 3. The Labute approximate surface area is 160 Å². The second-order valence-electron chi connectivity index (χ2n) is 3.76. The SMILES string of the molecule is O=C(Oc1c(I)cc(I)cc1I)C([O-])(C(F)(F)F)C(F)(F)F. The van der Waals surface area contributed by atoms with Gasteiger partial charge in [0.1, 0.15) is 0 Å². The van der Waals surface area contributed by atoms with Gasteiger partial charge in [-0.25, -0.2) is 0 Å². The van der Waals surface area contributed by atoms with Crippen LogP contribution in [0.5, 0.6) is 5.75 Å². The van der Waals surface area contributed by atoms with Gasteiger partial charge >= 0.3 is 18.3 Å². The molecule has 0 aliphatic rings. The van der Waals surface area contributed by atoms with Gasteiger partial charge in [0, 0.05) is 3.57 Å². The highest BCUT2D eigenvalue weighted by Crippen LogP contribution is 2.42. The number of carbonyl (C=O) groups excluding carboxylic acids is 1. The molecule has 22 heavy (non-hydrogen) atoms. The minimum atomic E-state index is -6.39. The maximum atomic E-state index is 12.5. The van der Waals surface area contributed by atoms with E-state index in [4.69, 9.17) is 0 Å². The van der Waals surface area contributed by atoms with Gasteiger partial charge in [-0.05, 0) is 79.9 Å². The molecule has 124 valence electrons. The van der Waals surface area contributed by atoms with Gasteiger partial charge in [-0.2, -0.15) is 26.3 Å². The maximum absolute atomic E-state index is 12.5. The van der Waals surface area contributed by atoms with Crippen molar-refractivity contribution in [3.05, 3.63) is 22.8 Å². The zero-order valence-electron chi connectivity index (χ0n) is 9.78. The molecule has 0 bridgehead atoms. The number of carbonyl (C=O) groups is 1. The van der Waals surface area contributed by atoms with E-state index >= 15 is 0 Å². The zero-order chi connectivity index (χ0) is 17.5. The molecule has 0 radical (unpaired) electrons. The molecule has 1 rings (SSSR count). The zero-order valence-corrected chi connectivity index (χ0v) is 16.3. The molecule has 0 N–H and O–H groups in total. The van der Waals surface area contributed by atoms with Crippen LogP contribution in [-0.2, 0) is 4.79 Å². The largest absolute Gasteiger partial charge is 0.828 e. The average molecular weight is 665 g/mol. The fraction of sp³-hybridized carbons (Fsp3) is 0.300. The summed E-state index contributed by atoms with van der Waals surface area (Å²) < 4.78 is 79.8. The Balaban J connectivity index is 3.31. The fourth-order valence-electron chi connectivity index (χ4n) is 1.18. The monoisotopic (exact) mass is 665 g/mol. The van der Waals surface area contributed by atoms with Gasteiger partial charge in [-0.15, -0.1) is 0 Å². The van der Waals surface area contributed by atoms with Crippen molar-refractivity contribution in [3.63, 3.8) is 0 Å². The van der Waals surface area contributed by atoms with Crippen LogP contribution in [0.25, 0.3) is 0 Å². The van der Waals surface area contributed by atoms with Crippen LogP contribution in [0, 0.1) is 10.7 Å². The van der Waals surface area contributed by atoms with Crippen molar-refractivity contribution in [2.45, 2.75) is 18.0 Å². The average Bonchev–Trinajstić information content (AvgIpc) is 2.29. The summed E-state index contributed by atoms with van der Waals surface area (Å²) in [5.41, 5.74) is -5.85. The lowest BCUT2D eigenvalue weighted by Crippen LogP contribution is -2.72. The number of ether oxygens (including phenoxy) is 1. The highest BCUT2D eigenvalue weighted by atomic mass is 127. The summed E-state index contributed by atoms with van der Waals surface area (Å²) >= 11 is 4.98. The molecule has 12 heteroatoms. The Morgan fingerprint density at radius 1 is 0.955 bits per heavy atom. The van der Waals surface area contributed by atoms with E-state index in [2.05, 4.69) is 4.74 Å². The summed E-state index contributed by atoms with van der Waals surface area (Å²) in [6.45, 7) is 0. The predicted octanol–water partition coefficient (Wildman–Crippen LogP) is 3.63. The smallest absolute Gasteiger partial charge is 0.399 e. The number of rotatable bonds is 2. The van der Waals surface area contributed by atoms with Crippen LogP contribution < -0.4 is 9.84 Å². The summed E-state index contributed by atoms with van der Waals surface area (Å²) in [7, 11) is 0. The van der Waals surface area contributed by atoms with Crippen molar-refractivity contribution in [2.75, 3.05) is 0 Å². The summed E-state index contributed by atoms with van der Waals surface area (Å²) in [5, 5.41) is 11.2. The lowest BCUT2D eigenvalue weighted by Gasteiger charge is -2.40. The van der Waals surface area contributed by atoms with Crippen molar-refractivity contribution in [2.24, 2.45) is 0 Å². The van der Waals surface area contributed by atoms with Gasteiger partial charge < -0.3 is 9.84 Å². The van der Waals surface area contributed by atoms with E-state index in [0.29, 0.717) is 3.57 Å². The van der Waals surface area contributed by atoms with E-state index in [0.717, 1.165) is 0 Å². The first-order valence-corrected chi connectivity index (χ1v) is 8.16. The molecule has 0 spiro atoms. The van der Waals surface area contributed by atoms with Crippen molar-refractivity contribution >= 4 is 73.7 Å². The Morgan fingerprint density at radius 2 is 1.32 bits per heavy atom. The highest BCUT2D eigenvalue weighted by Gasteiger charge is 2.68. The van der Waals surface area contributed by atoms with Crippen molar-refractivity contribution in [1.29, 1.82) is 0 Å². The maximum Gasteiger partial charge on any atom is 0.399 e. The lowest BCUT2D eigenvalue weighted by atomic mass is 10.0. The molecular formula is C10H2F6I3O3-. The molecule has 0 amide bonds. The third-order valence-corrected chi connectivity index (χ3v) is 4.47. The van der Waals surface area contributed by atoms with Crippen LogP contribution in [-0.4, -0.2) is 23.9 Å². The van der Waals surface area contributed by atoms with Crippen LogP contribution in [0.1, 0.15) is 0 Å². The highest BCUT2D eigenvalue weighted by molar-refractivity contribution is 14.1. The number of halogens is 9. The van der Waals surface area contributed by atoms with E-state index in [1.807, 2.05) is 22.6 Å². The molecule has 0 atom stereocenters. The van der Waals surface area contributed by atoms with Crippen molar-refractivity contribution in [1.82, 2.24) is 0 Å². The molecule has 0 unspecified atom stereocenters. The lowest BCUT2D eigenvalue weighted by molar-refractivity contribution is -0.573. The minimum absolute atomic E-state index is 0.0916. The normalized spacial score (nSPS) is 13.2. The molecule has 1 aromatic carbocycles. The number of hydrogen-bond donors (Lipinski definition) is 0. The van der Waals surface area contributed by atoms with Crippen LogP contribution in [0.2, 0.25) is 0 Å². The minimum Gasteiger partial charge on any atom is -0.828 e. The third kappa shape index (κ3) is 3.90. The van der Waals surface area contributed by atoms with Crippen LogP contribution in [0.15, 0.2) is 12.1 Å². The summed E-state index contributed by atoms with van der Waals surface area (Å²) in [5.74, 6) is -3.50. The molecule has 0 fully saturated rings. The number of alkyl halides is 6. The molecule has 1 aromatic rings. The Hall–Kier alpha value is 0.420. The number of esters is 1. The molecule has 0 saturated heterocycles. The first kappa shape index (κ1) is 20.5. The third-order valence-electron chi connectivity index (χ3n) is 2.24. The number of benzene rings is 1. The van der Waals surface area contributed by atoms with Crippen molar-refractivity contribution in [3.8, 4) is 5.75 Å². The molecule has 3 nitrogen and oxygen atoms in total. The van der Waals surface area contributed by atoms with Gasteiger partial charge in [0.15, 0.2) is 11.4 Å². The van der Waals surface area contributed by atoms with Gasteiger partial charge in [-0.1, -0.05) is 0 Å². The molecule has 0 heterocycles. The quantitative estimate of drug-likeness (QED) is 0.210. The van der Waals surface area contributed by atoms with Crippen LogP contribution in [0.3, 0.4) is 0 Å². The summed E-state index contributed by atoms with van der Waals surface area (Å²) in [6, 6.07) is 2.72. The van der Waals surface area contributed by atoms with E-state index < -0.39 is 29.7 Å². The first-order chi connectivity index (χ1) is 9.71. The topological polar surface area (TPSA) is 49.4 Å². The van der Waals surface area contributed by atoms with E-state index in [1.54, 1.807) is 45.2 Å². The van der Waals surface area contributed by atoms with Crippen LogP contribution >= 0.6 is 67.8 Å². The van der Waals surface area contributed by atoms with E-state index in [-0.39, 0.29) is 7.14 Å². The fourth-order valence-corrected chi connectivity index (χ4v) is 4.99. The summed E-state index contributed by atoms with van der Waals surface area (Å²) in [6.07, 6.45) is -12.8. The Kier molecular flexibility index (Phi) is 6.26. The molecule has 0 aliphatic carbocycles. The van der Waals surface area contributed by atoms with E-state index in [9.17, 15) is 36.2 Å². The second kappa shape index (κ2) is 6.73. The van der Waals surface area contributed by atoms with Crippen LogP contribution in [0.4, 0.5) is 26.3 Å².